The van der Waals surface area contributed by atoms with Crippen molar-refractivity contribution in [3.63, 3.8) is 0 Å². The summed E-state index contributed by atoms with van der Waals surface area (Å²) in [5.41, 5.74) is 1.30. The highest BCUT2D eigenvalue weighted by molar-refractivity contribution is 6.17. The standard InChI is InChI=1S/C13H14N2O2/c16-12-13(6-7-13)11(14-17)9-15(12)8-10-4-2-1-3-5-10/h1-5,17H,6-9H2/b14-11-. The maximum Gasteiger partial charge on any atom is 0.235 e. The SMILES string of the molecule is O=C1N(Cc2ccccc2)C/C(=N/O)C12CC2. The van der Waals surface area contributed by atoms with Gasteiger partial charge in [-0.2, -0.15) is 0 Å². The Labute approximate surface area is 99.5 Å². The Kier molecular flexibility index (Phi) is 2.18. The maximum absolute atomic E-state index is 12.2. The van der Waals surface area contributed by atoms with Gasteiger partial charge in [0.1, 0.15) is 0 Å². The number of oxime groups is 1. The summed E-state index contributed by atoms with van der Waals surface area (Å²) >= 11 is 0. The molecule has 0 unspecified atom stereocenters. The number of nitrogens with zero attached hydrogens (tertiary/aromatic N) is 2. The molecule has 4 nitrogen and oxygen atoms in total. The lowest BCUT2D eigenvalue weighted by Gasteiger charge is -2.15. The Morgan fingerprint density at radius 3 is 2.53 bits per heavy atom. The Bertz CT molecular complexity index is 477. The van der Waals surface area contributed by atoms with E-state index in [9.17, 15) is 4.79 Å². The second-order valence-corrected chi connectivity index (χ2v) is 4.78. The summed E-state index contributed by atoms with van der Waals surface area (Å²) in [6.45, 7) is 1.06. The second kappa shape index (κ2) is 3.58. The van der Waals surface area contributed by atoms with E-state index in [1.807, 2.05) is 30.3 Å². The molecule has 1 N–H and O–H groups in total. The minimum atomic E-state index is -0.441. The predicted molar refractivity (Wildman–Crippen MR) is 62.7 cm³/mol. The molecule has 1 aliphatic carbocycles. The number of hydrogen-bond donors (Lipinski definition) is 1. The van der Waals surface area contributed by atoms with Crippen molar-refractivity contribution in [2.45, 2.75) is 19.4 Å². The van der Waals surface area contributed by atoms with E-state index in [1.54, 1.807) is 4.90 Å². The van der Waals surface area contributed by atoms with Crippen LogP contribution < -0.4 is 0 Å². The Hall–Kier alpha value is -1.84. The van der Waals surface area contributed by atoms with Crippen LogP contribution in [0.3, 0.4) is 0 Å². The normalized spacial score (nSPS) is 23.6. The Morgan fingerprint density at radius 2 is 2.00 bits per heavy atom. The predicted octanol–water partition coefficient (Wildman–Crippen LogP) is 1.64. The molecule has 4 heteroatoms. The summed E-state index contributed by atoms with van der Waals surface area (Å²) in [5, 5.41) is 12.3. The summed E-state index contributed by atoms with van der Waals surface area (Å²) in [6, 6.07) is 9.88. The van der Waals surface area contributed by atoms with Crippen molar-refractivity contribution in [1.82, 2.24) is 4.90 Å². The van der Waals surface area contributed by atoms with Crippen molar-refractivity contribution >= 4 is 11.6 Å². The van der Waals surface area contributed by atoms with Crippen molar-refractivity contribution < 1.29 is 10.0 Å². The van der Waals surface area contributed by atoms with Gasteiger partial charge in [-0.15, -0.1) is 0 Å². The number of likely N-dealkylation sites (tertiary alicyclic amines) is 1. The van der Waals surface area contributed by atoms with Crippen molar-refractivity contribution in [3.8, 4) is 0 Å². The maximum atomic E-state index is 12.2. The zero-order chi connectivity index (χ0) is 11.9. The van der Waals surface area contributed by atoms with Crippen LogP contribution in [-0.2, 0) is 11.3 Å². The van der Waals surface area contributed by atoms with Crippen molar-refractivity contribution in [3.05, 3.63) is 35.9 Å². The number of carbonyl (C=O) groups is 1. The van der Waals surface area contributed by atoms with Gasteiger partial charge in [0, 0.05) is 6.54 Å². The fourth-order valence-electron chi connectivity index (χ4n) is 2.52. The smallest absolute Gasteiger partial charge is 0.235 e. The highest BCUT2D eigenvalue weighted by Gasteiger charge is 2.60. The molecule has 2 aliphatic rings. The quantitative estimate of drug-likeness (QED) is 0.620. The van der Waals surface area contributed by atoms with Crippen molar-refractivity contribution in [2.24, 2.45) is 10.6 Å². The molecule has 1 aromatic rings. The van der Waals surface area contributed by atoms with Crippen LogP contribution in [0, 0.1) is 5.41 Å². The van der Waals surface area contributed by atoms with E-state index in [0.717, 1.165) is 18.4 Å². The minimum Gasteiger partial charge on any atom is -0.411 e. The number of rotatable bonds is 2. The van der Waals surface area contributed by atoms with Crippen LogP contribution >= 0.6 is 0 Å². The van der Waals surface area contributed by atoms with Gasteiger partial charge in [0.2, 0.25) is 5.91 Å². The van der Waals surface area contributed by atoms with Gasteiger partial charge in [-0.1, -0.05) is 35.5 Å². The van der Waals surface area contributed by atoms with Gasteiger partial charge in [0.15, 0.2) is 0 Å². The zero-order valence-electron chi connectivity index (χ0n) is 9.47. The van der Waals surface area contributed by atoms with Gasteiger partial charge in [-0.05, 0) is 18.4 Å². The number of carbonyl (C=O) groups excluding carboxylic acids is 1. The van der Waals surface area contributed by atoms with E-state index in [-0.39, 0.29) is 5.91 Å². The molecule has 1 spiro atoms. The highest BCUT2D eigenvalue weighted by atomic mass is 16.4. The summed E-state index contributed by atoms with van der Waals surface area (Å²) < 4.78 is 0. The molecule has 1 aliphatic heterocycles. The first-order valence-electron chi connectivity index (χ1n) is 5.81. The summed E-state index contributed by atoms with van der Waals surface area (Å²) in [5.74, 6) is 0.120. The first-order valence-corrected chi connectivity index (χ1v) is 5.81. The topological polar surface area (TPSA) is 52.9 Å². The third kappa shape index (κ3) is 1.52. The van der Waals surface area contributed by atoms with Crippen LogP contribution in [0.1, 0.15) is 18.4 Å². The fourth-order valence-corrected chi connectivity index (χ4v) is 2.52. The third-order valence-electron chi connectivity index (χ3n) is 3.68. The molecule has 0 bridgehead atoms. The first kappa shape index (κ1) is 10.3. The lowest BCUT2D eigenvalue weighted by atomic mass is 10.0. The number of benzene rings is 1. The van der Waals surface area contributed by atoms with Crippen molar-refractivity contribution in [1.29, 1.82) is 0 Å². The molecule has 0 radical (unpaired) electrons. The second-order valence-electron chi connectivity index (χ2n) is 4.78. The molecule has 88 valence electrons. The molecule has 17 heavy (non-hydrogen) atoms. The molecule has 1 saturated heterocycles. The van der Waals surface area contributed by atoms with E-state index in [2.05, 4.69) is 5.16 Å². The average Bonchev–Trinajstić information content (AvgIpc) is 3.11. The summed E-state index contributed by atoms with van der Waals surface area (Å²) in [7, 11) is 0. The highest BCUT2D eigenvalue weighted by Crippen LogP contribution is 2.52. The summed E-state index contributed by atoms with van der Waals surface area (Å²) in [6.07, 6.45) is 1.66. The van der Waals surface area contributed by atoms with Gasteiger partial charge in [-0.25, -0.2) is 0 Å². The first-order chi connectivity index (χ1) is 8.26. The molecule has 1 amide bonds. The van der Waals surface area contributed by atoms with Crippen LogP contribution in [0.4, 0.5) is 0 Å². The number of amides is 1. The molecule has 2 fully saturated rings. The number of hydrogen-bond acceptors (Lipinski definition) is 3. The zero-order valence-corrected chi connectivity index (χ0v) is 9.47. The molecule has 3 rings (SSSR count). The molecule has 0 atom stereocenters. The van der Waals surface area contributed by atoms with Crippen LogP contribution in [0.2, 0.25) is 0 Å². The average molecular weight is 230 g/mol. The third-order valence-corrected chi connectivity index (χ3v) is 3.68. The molecule has 0 aromatic heterocycles. The van der Waals surface area contributed by atoms with Crippen LogP contribution in [0.25, 0.3) is 0 Å². The molecule has 1 heterocycles. The van der Waals surface area contributed by atoms with E-state index >= 15 is 0 Å². The van der Waals surface area contributed by atoms with Gasteiger partial charge >= 0.3 is 0 Å². The molecular weight excluding hydrogens is 216 g/mol. The molecule has 1 aromatic carbocycles. The van der Waals surface area contributed by atoms with E-state index in [0.29, 0.717) is 18.8 Å². The van der Waals surface area contributed by atoms with E-state index in [4.69, 9.17) is 5.21 Å². The fraction of sp³-hybridized carbons (Fsp3) is 0.385. The molecular formula is C13H14N2O2. The van der Waals surface area contributed by atoms with Crippen LogP contribution in [-0.4, -0.2) is 28.3 Å². The Balaban J connectivity index is 1.80. The van der Waals surface area contributed by atoms with Gasteiger partial charge < -0.3 is 10.1 Å². The van der Waals surface area contributed by atoms with E-state index < -0.39 is 5.41 Å². The lowest BCUT2D eigenvalue weighted by molar-refractivity contribution is -0.132. The monoisotopic (exact) mass is 230 g/mol. The minimum absolute atomic E-state index is 0.120. The molecule has 1 saturated carbocycles. The van der Waals surface area contributed by atoms with E-state index in [1.165, 1.54) is 0 Å². The van der Waals surface area contributed by atoms with Gasteiger partial charge in [0.25, 0.3) is 0 Å². The largest absolute Gasteiger partial charge is 0.411 e. The summed E-state index contributed by atoms with van der Waals surface area (Å²) in [4.78, 5) is 14.0. The van der Waals surface area contributed by atoms with Crippen molar-refractivity contribution in [2.75, 3.05) is 6.54 Å². The lowest BCUT2D eigenvalue weighted by Crippen LogP contribution is -2.27. The van der Waals surface area contributed by atoms with Gasteiger partial charge in [-0.3, -0.25) is 4.79 Å². The van der Waals surface area contributed by atoms with Gasteiger partial charge in [0.05, 0.1) is 17.7 Å². The van der Waals surface area contributed by atoms with Crippen LogP contribution in [0.15, 0.2) is 35.5 Å². The Morgan fingerprint density at radius 1 is 1.29 bits per heavy atom. The van der Waals surface area contributed by atoms with Crippen LogP contribution in [0.5, 0.6) is 0 Å².